The number of pyridine rings is 1. The summed E-state index contributed by atoms with van der Waals surface area (Å²) in [6, 6.07) is 4.89. The van der Waals surface area contributed by atoms with Crippen molar-refractivity contribution in [2.24, 2.45) is 0 Å². The number of rotatable bonds is 2. The molecule has 0 aliphatic carbocycles. The van der Waals surface area contributed by atoms with Gasteiger partial charge in [-0.25, -0.2) is 0 Å². The average molecular weight is 245 g/mol. The molecule has 6 heteroatoms. The number of amides is 2. The zero-order valence-corrected chi connectivity index (χ0v) is 9.64. The first-order chi connectivity index (χ1) is 8.68. The van der Waals surface area contributed by atoms with Gasteiger partial charge in [-0.3, -0.25) is 25.4 Å². The second kappa shape index (κ2) is 5.13. The van der Waals surface area contributed by atoms with Crippen molar-refractivity contribution in [2.75, 3.05) is 0 Å². The molecule has 0 radical (unpaired) electrons. The quantitative estimate of drug-likeness (QED) is 0.775. The Morgan fingerprint density at radius 2 is 2.00 bits per heavy atom. The van der Waals surface area contributed by atoms with Crippen LogP contribution in [-0.4, -0.2) is 16.8 Å². The number of hydrazine groups is 1. The third-order valence-electron chi connectivity index (χ3n) is 2.28. The third kappa shape index (κ3) is 2.54. The number of aromatic nitrogens is 1. The Balaban J connectivity index is 1.95. The van der Waals surface area contributed by atoms with E-state index in [9.17, 15) is 9.59 Å². The molecule has 0 saturated carbocycles. The lowest BCUT2D eigenvalue weighted by atomic mass is 10.3. The molecule has 0 aliphatic rings. The molecule has 2 aromatic heterocycles. The second-order valence-electron chi connectivity index (χ2n) is 3.58. The highest BCUT2D eigenvalue weighted by molar-refractivity contribution is 5.98. The number of nitrogens with zero attached hydrogens (tertiary/aromatic N) is 1. The molecule has 18 heavy (non-hydrogen) atoms. The molecule has 0 aliphatic heterocycles. The van der Waals surface area contributed by atoms with Gasteiger partial charge in [0.1, 0.15) is 0 Å². The van der Waals surface area contributed by atoms with Crippen LogP contribution in [0.1, 0.15) is 26.5 Å². The highest BCUT2D eigenvalue weighted by Gasteiger charge is 2.13. The number of nitrogens with one attached hydrogen (secondary N) is 2. The minimum Gasteiger partial charge on any atom is -0.459 e. The molecule has 92 valence electrons. The first-order valence-electron chi connectivity index (χ1n) is 5.23. The molecule has 2 rings (SSSR count). The van der Waals surface area contributed by atoms with Crippen LogP contribution in [0.15, 0.2) is 41.3 Å². The summed E-state index contributed by atoms with van der Waals surface area (Å²) in [5.74, 6) is -0.781. The van der Waals surface area contributed by atoms with Gasteiger partial charge >= 0.3 is 5.91 Å². The Morgan fingerprint density at radius 3 is 2.61 bits per heavy atom. The van der Waals surface area contributed by atoms with E-state index in [1.165, 1.54) is 12.5 Å². The van der Waals surface area contributed by atoms with Gasteiger partial charge in [-0.1, -0.05) is 0 Å². The fourth-order valence-corrected chi connectivity index (χ4v) is 1.34. The van der Waals surface area contributed by atoms with Crippen LogP contribution in [0.25, 0.3) is 0 Å². The Kier molecular flexibility index (Phi) is 3.38. The minimum atomic E-state index is -0.505. The van der Waals surface area contributed by atoms with Crippen molar-refractivity contribution in [3.05, 3.63) is 53.7 Å². The Morgan fingerprint density at radius 1 is 1.22 bits per heavy atom. The number of hydrogen-bond donors (Lipinski definition) is 2. The van der Waals surface area contributed by atoms with Gasteiger partial charge in [0.25, 0.3) is 5.91 Å². The van der Waals surface area contributed by atoms with Crippen LogP contribution in [0.4, 0.5) is 0 Å². The first kappa shape index (κ1) is 11.8. The molecule has 2 heterocycles. The summed E-state index contributed by atoms with van der Waals surface area (Å²) >= 11 is 0. The van der Waals surface area contributed by atoms with Crippen molar-refractivity contribution in [1.29, 1.82) is 0 Å². The van der Waals surface area contributed by atoms with Crippen LogP contribution in [0.2, 0.25) is 0 Å². The van der Waals surface area contributed by atoms with Crippen LogP contribution in [0.5, 0.6) is 0 Å². The van der Waals surface area contributed by atoms with E-state index in [0.717, 1.165) is 0 Å². The van der Waals surface area contributed by atoms with E-state index in [1.54, 1.807) is 31.3 Å². The number of aryl methyl sites for hydroxylation is 1. The van der Waals surface area contributed by atoms with Crippen molar-refractivity contribution >= 4 is 11.8 Å². The van der Waals surface area contributed by atoms with E-state index in [0.29, 0.717) is 11.1 Å². The van der Waals surface area contributed by atoms with Crippen LogP contribution >= 0.6 is 0 Å². The summed E-state index contributed by atoms with van der Waals surface area (Å²) < 4.78 is 4.99. The van der Waals surface area contributed by atoms with Crippen LogP contribution in [-0.2, 0) is 0 Å². The van der Waals surface area contributed by atoms with Crippen LogP contribution < -0.4 is 10.9 Å². The van der Waals surface area contributed by atoms with Crippen LogP contribution in [0.3, 0.4) is 0 Å². The fourth-order valence-electron chi connectivity index (χ4n) is 1.34. The SMILES string of the molecule is Cc1ccoc1C(=O)NNC(=O)c1cccnc1. The molecule has 0 aromatic carbocycles. The fraction of sp³-hybridized carbons (Fsp3) is 0.0833. The number of carbonyl (C=O) groups is 2. The standard InChI is InChI=1S/C12H11N3O3/c1-8-4-6-18-10(8)12(17)15-14-11(16)9-3-2-5-13-7-9/h2-7H,1H3,(H,14,16)(H,15,17). The van der Waals surface area contributed by atoms with Gasteiger partial charge in [-0.15, -0.1) is 0 Å². The van der Waals surface area contributed by atoms with Crippen molar-refractivity contribution in [1.82, 2.24) is 15.8 Å². The Hall–Kier alpha value is -2.63. The van der Waals surface area contributed by atoms with Crippen molar-refractivity contribution < 1.29 is 14.0 Å². The maximum atomic E-state index is 11.6. The molecule has 6 nitrogen and oxygen atoms in total. The van der Waals surface area contributed by atoms with E-state index in [1.807, 2.05) is 0 Å². The number of furan rings is 1. The zero-order chi connectivity index (χ0) is 13.0. The molecule has 2 aromatic rings. The highest BCUT2D eigenvalue weighted by Crippen LogP contribution is 2.07. The lowest BCUT2D eigenvalue weighted by Crippen LogP contribution is -2.41. The maximum absolute atomic E-state index is 11.6. The van der Waals surface area contributed by atoms with Crippen molar-refractivity contribution in [3.8, 4) is 0 Å². The summed E-state index contributed by atoms with van der Waals surface area (Å²) in [5, 5.41) is 0. The summed E-state index contributed by atoms with van der Waals surface area (Å²) in [7, 11) is 0. The van der Waals surface area contributed by atoms with Gasteiger partial charge in [0.2, 0.25) is 0 Å². The smallest absolute Gasteiger partial charge is 0.305 e. The minimum absolute atomic E-state index is 0.168. The van der Waals surface area contributed by atoms with Crippen molar-refractivity contribution in [3.63, 3.8) is 0 Å². The Bertz CT molecular complexity index is 563. The third-order valence-corrected chi connectivity index (χ3v) is 2.28. The van der Waals surface area contributed by atoms with Gasteiger partial charge in [0.15, 0.2) is 5.76 Å². The van der Waals surface area contributed by atoms with Crippen molar-refractivity contribution in [2.45, 2.75) is 6.92 Å². The molecular formula is C12H11N3O3. The summed E-state index contributed by atoms with van der Waals surface area (Å²) in [6.45, 7) is 1.74. The first-order valence-corrected chi connectivity index (χ1v) is 5.23. The molecule has 0 fully saturated rings. The summed E-state index contributed by atoms with van der Waals surface area (Å²) in [5.41, 5.74) is 5.59. The summed E-state index contributed by atoms with van der Waals surface area (Å²) in [4.78, 5) is 27.0. The van der Waals surface area contributed by atoms with E-state index >= 15 is 0 Å². The molecular weight excluding hydrogens is 234 g/mol. The lowest BCUT2D eigenvalue weighted by Gasteiger charge is -2.05. The molecule has 0 atom stereocenters. The van der Waals surface area contributed by atoms with Gasteiger partial charge in [0, 0.05) is 18.0 Å². The second-order valence-corrected chi connectivity index (χ2v) is 3.58. The molecule has 0 spiro atoms. The van der Waals surface area contributed by atoms with E-state index < -0.39 is 11.8 Å². The maximum Gasteiger partial charge on any atom is 0.305 e. The highest BCUT2D eigenvalue weighted by atomic mass is 16.3. The molecule has 2 amide bonds. The monoisotopic (exact) mass is 245 g/mol. The Labute approximate surface area is 103 Å². The molecule has 0 bridgehead atoms. The van der Waals surface area contributed by atoms with E-state index in [2.05, 4.69) is 15.8 Å². The van der Waals surface area contributed by atoms with Crippen LogP contribution in [0, 0.1) is 6.92 Å². The average Bonchev–Trinajstić information content (AvgIpc) is 2.83. The number of carbonyl (C=O) groups excluding carboxylic acids is 2. The normalized spacial score (nSPS) is 9.83. The van der Waals surface area contributed by atoms with Gasteiger partial charge in [-0.2, -0.15) is 0 Å². The van der Waals surface area contributed by atoms with Gasteiger partial charge < -0.3 is 4.42 Å². The number of hydrogen-bond acceptors (Lipinski definition) is 4. The predicted molar refractivity (Wildman–Crippen MR) is 62.6 cm³/mol. The zero-order valence-electron chi connectivity index (χ0n) is 9.64. The van der Waals surface area contributed by atoms with Gasteiger partial charge in [-0.05, 0) is 25.1 Å². The molecule has 0 unspecified atom stereocenters. The van der Waals surface area contributed by atoms with E-state index in [4.69, 9.17) is 4.42 Å². The lowest BCUT2D eigenvalue weighted by molar-refractivity contribution is 0.0830. The van der Waals surface area contributed by atoms with E-state index in [-0.39, 0.29) is 5.76 Å². The topological polar surface area (TPSA) is 84.2 Å². The largest absolute Gasteiger partial charge is 0.459 e. The predicted octanol–water partition coefficient (Wildman–Crippen LogP) is 1.06. The van der Waals surface area contributed by atoms with Gasteiger partial charge in [0.05, 0.1) is 11.8 Å². The molecule has 0 saturated heterocycles. The molecule has 2 N–H and O–H groups in total. The summed E-state index contributed by atoms with van der Waals surface area (Å²) in [6.07, 6.45) is 4.37.